The predicted octanol–water partition coefficient (Wildman–Crippen LogP) is 4.75. The number of fused-ring (bicyclic) bond motifs is 2. The van der Waals surface area contributed by atoms with Crippen molar-refractivity contribution in [3.8, 4) is 11.3 Å². The van der Waals surface area contributed by atoms with E-state index in [0.29, 0.717) is 22.5 Å². The number of hydrogen-bond donors (Lipinski definition) is 0. The summed E-state index contributed by atoms with van der Waals surface area (Å²) in [5, 5.41) is 1.83. The molecule has 0 radical (unpaired) electrons. The first-order valence-corrected chi connectivity index (χ1v) is 10.9. The number of aromatic nitrogens is 1. The highest BCUT2D eigenvalue weighted by molar-refractivity contribution is 5.88. The molecule has 0 unspecified atom stereocenters. The molecular weight excluding hydrogens is 390 g/mol. The molecule has 1 aliphatic heterocycles. The highest BCUT2D eigenvalue weighted by Gasteiger charge is 2.18. The lowest BCUT2D eigenvalue weighted by atomic mass is 10.1. The van der Waals surface area contributed by atoms with Gasteiger partial charge in [-0.3, -0.25) is 9.88 Å². The van der Waals surface area contributed by atoms with Gasteiger partial charge in [0.25, 0.3) is 0 Å². The number of nitrogens with zero attached hydrogens (tertiary/aromatic N) is 3. The number of piperazine rings is 1. The van der Waals surface area contributed by atoms with Crippen LogP contribution >= 0.6 is 0 Å². The van der Waals surface area contributed by atoms with Crippen molar-refractivity contribution in [1.29, 1.82) is 0 Å². The molecule has 5 rings (SSSR count). The van der Waals surface area contributed by atoms with E-state index in [0.717, 1.165) is 60.6 Å². The van der Waals surface area contributed by atoms with E-state index in [4.69, 9.17) is 8.83 Å². The van der Waals surface area contributed by atoms with Gasteiger partial charge in [-0.15, -0.1) is 0 Å². The van der Waals surface area contributed by atoms with Gasteiger partial charge < -0.3 is 13.7 Å². The summed E-state index contributed by atoms with van der Waals surface area (Å²) in [7, 11) is 0. The smallest absolute Gasteiger partial charge is 0.347 e. The minimum atomic E-state index is -0.390. The van der Waals surface area contributed by atoms with Crippen LogP contribution in [0.3, 0.4) is 0 Å². The Morgan fingerprint density at radius 1 is 0.968 bits per heavy atom. The van der Waals surface area contributed by atoms with Crippen molar-refractivity contribution in [2.24, 2.45) is 0 Å². The van der Waals surface area contributed by atoms with Crippen LogP contribution in [0.25, 0.3) is 33.3 Å². The molecule has 0 N–H and O–H groups in total. The number of furan rings is 1. The first-order chi connectivity index (χ1) is 15.0. The van der Waals surface area contributed by atoms with Crippen LogP contribution in [0.2, 0.25) is 0 Å². The molecule has 0 bridgehead atoms. The minimum absolute atomic E-state index is 0.390. The van der Waals surface area contributed by atoms with E-state index >= 15 is 0 Å². The van der Waals surface area contributed by atoms with Crippen LogP contribution in [0.15, 0.2) is 50.0 Å². The summed E-state index contributed by atoms with van der Waals surface area (Å²) in [5.74, 6) is 0.511. The Morgan fingerprint density at radius 3 is 2.55 bits per heavy atom. The molecule has 1 aliphatic rings. The normalized spacial score (nSPS) is 15.3. The van der Waals surface area contributed by atoms with Crippen molar-refractivity contribution in [3.63, 3.8) is 0 Å². The zero-order valence-corrected chi connectivity index (χ0v) is 18.3. The molecule has 0 amide bonds. The molecule has 0 spiro atoms. The van der Waals surface area contributed by atoms with Gasteiger partial charge in [0, 0.05) is 54.4 Å². The van der Waals surface area contributed by atoms with Gasteiger partial charge in [0.05, 0.1) is 5.69 Å². The van der Waals surface area contributed by atoms with Crippen molar-refractivity contribution in [3.05, 3.63) is 58.2 Å². The molecular formula is C25H27N3O3. The molecule has 1 aromatic carbocycles. The van der Waals surface area contributed by atoms with Gasteiger partial charge in [-0.25, -0.2) is 4.79 Å². The van der Waals surface area contributed by atoms with Gasteiger partial charge in [-0.2, -0.15) is 0 Å². The molecule has 0 aliphatic carbocycles. The van der Waals surface area contributed by atoms with Crippen molar-refractivity contribution < 1.29 is 8.83 Å². The SMILES string of the molecule is CCCN1CCN(c2ccc3cc(-c4cc5cc(C)nc(C)c5o4)c(=O)oc3c2)CC1. The van der Waals surface area contributed by atoms with Gasteiger partial charge in [-0.1, -0.05) is 6.92 Å². The van der Waals surface area contributed by atoms with Crippen LogP contribution in [0.4, 0.5) is 5.69 Å². The van der Waals surface area contributed by atoms with Crippen LogP contribution in [0, 0.1) is 13.8 Å². The van der Waals surface area contributed by atoms with Crippen molar-refractivity contribution in [2.45, 2.75) is 27.2 Å². The lowest BCUT2D eigenvalue weighted by molar-refractivity contribution is 0.258. The average molecular weight is 418 g/mol. The quantitative estimate of drug-likeness (QED) is 0.447. The van der Waals surface area contributed by atoms with E-state index in [2.05, 4.69) is 27.8 Å². The van der Waals surface area contributed by atoms with Crippen LogP contribution in [-0.2, 0) is 0 Å². The third kappa shape index (κ3) is 3.72. The Hall–Kier alpha value is -3.12. The van der Waals surface area contributed by atoms with Crippen LogP contribution in [0.5, 0.6) is 0 Å². The highest BCUT2D eigenvalue weighted by atomic mass is 16.4. The third-order valence-electron chi connectivity index (χ3n) is 6.06. The summed E-state index contributed by atoms with van der Waals surface area (Å²) < 4.78 is 11.7. The molecule has 4 heterocycles. The second kappa shape index (κ2) is 7.85. The Balaban J connectivity index is 1.47. The maximum absolute atomic E-state index is 12.8. The zero-order valence-electron chi connectivity index (χ0n) is 18.3. The Kier molecular flexibility index (Phi) is 5.02. The van der Waals surface area contributed by atoms with Crippen molar-refractivity contribution >= 4 is 27.6 Å². The lowest BCUT2D eigenvalue weighted by Crippen LogP contribution is -2.46. The Labute approximate surface area is 181 Å². The minimum Gasteiger partial charge on any atom is -0.454 e. The van der Waals surface area contributed by atoms with E-state index in [-0.39, 0.29) is 5.63 Å². The van der Waals surface area contributed by atoms with Gasteiger partial charge in [0.15, 0.2) is 5.58 Å². The average Bonchev–Trinajstić information content (AvgIpc) is 3.18. The fourth-order valence-corrected chi connectivity index (χ4v) is 4.51. The molecule has 6 nitrogen and oxygen atoms in total. The fraction of sp³-hybridized carbons (Fsp3) is 0.360. The summed E-state index contributed by atoms with van der Waals surface area (Å²) in [6.07, 6.45) is 1.18. The number of benzene rings is 1. The third-order valence-corrected chi connectivity index (χ3v) is 6.06. The molecule has 1 saturated heterocycles. The summed E-state index contributed by atoms with van der Waals surface area (Å²) in [4.78, 5) is 22.1. The first kappa shape index (κ1) is 19.8. The Morgan fingerprint density at radius 2 is 1.77 bits per heavy atom. The monoisotopic (exact) mass is 417 g/mol. The van der Waals surface area contributed by atoms with Crippen LogP contribution in [0.1, 0.15) is 24.7 Å². The predicted molar refractivity (Wildman–Crippen MR) is 124 cm³/mol. The van der Waals surface area contributed by atoms with E-state index in [9.17, 15) is 4.79 Å². The van der Waals surface area contributed by atoms with Gasteiger partial charge in [0.2, 0.25) is 0 Å². The van der Waals surface area contributed by atoms with Crippen molar-refractivity contribution in [1.82, 2.24) is 9.88 Å². The second-order valence-corrected chi connectivity index (χ2v) is 8.38. The number of anilines is 1. The number of pyridine rings is 1. The highest BCUT2D eigenvalue weighted by Crippen LogP contribution is 2.30. The molecule has 3 aromatic heterocycles. The molecule has 160 valence electrons. The van der Waals surface area contributed by atoms with Crippen molar-refractivity contribution in [2.75, 3.05) is 37.6 Å². The molecule has 0 atom stereocenters. The number of aryl methyl sites for hydroxylation is 2. The molecule has 1 fully saturated rings. The van der Waals surface area contributed by atoms with E-state index < -0.39 is 0 Å². The largest absolute Gasteiger partial charge is 0.454 e. The summed E-state index contributed by atoms with van der Waals surface area (Å²) >= 11 is 0. The zero-order chi connectivity index (χ0) is 21.5. The van der Waals surface area contributed by atoms with E-state index in [1.807, 2.05) is 44.2 Å². The molecule has 31 heavy (non-hydrogen) atoms. The lowest BCUT2D eigenvalue weighted by Gasteiger charge is -2.36. The summed E-state index contributed by atoms with van der Waals surface area (Å²) in [5.41, 5.74) is 4.19. The van der Waals surface area contributed by atoms with Gasteiger partial charge in [0.1, 0.15) is 16.9 Å². The standard InChI is InChI=1S/C25H27N3O3/c1-4-7-27-8-10-28(11-9-27)20-6-5-18-13-21(25(29)31-22(18)15-20)23-14-19-12-16(2)26-17(3)24(19)30-23/h5-6,12-15H,4,7-11H2,1-3H3. The van der Waals surface area contributed by atoms with E-state index in [1.54, 1.807) is 0 Å². The van der Waals surface area contributed by atoms with Crippen LogP contribution < -0.4 is 10.5 Å². The van der Waals surface area contributed by atoms with Gasteiger partial charge in [-0.05, 0) is 57.1 Å². The second-order valence-electron chi connectivity index (χ2n) is 8.38. The topological polar surface area (TPSA) is 62.7 Å². The molecule has 0 saturated carbocycles. The van der Waals surface area contributed by atoms with Gasteiger partial charge >= 0.3 is 5.63 Å². The number of rotatable bonds is 4. The fourth-order valence-electron chi connectivity index (χ4n) is 4.51. The number of hydrogen-bond acceptors (Lipinski definition) is 6. The van der Waals surface area contributed by atoms with Crippen LogP contribution in [-0.4, -0.2) is 42.6 Å². The molecule has 4 aromatic rings. The first-order valence-electron chi connectivity index (χ1n) is 10.9. The maximum Gasteiger partial charge on any atom is 0.347 e. The Bertz CT molecular complexity index is 1310. The summed E-state index contributed by atoms with van der Waals surface area (Å²) in [6.45, 7) is 11.3. The maximum atomic E-state index is 12.8. The molecule has 6 heteroatoms. The summed E-state index contributed by atoms with van der Waals surface area (Å²) in [6, 6.07) is 11.8. The van der Waals surface area contributed by atoms with E-state index in [1.165, 1.54) is 6.42 Å².